The van der Waals surface area contributed by atoms with Gasteiger partial charge in [0.15, 0.2) is 0 Å². The van der Waals surface area contributed by atoms with E-state index in [2.05, 4.69) is 50.5 Å². The Kier molecular flexibility index (Phi) is 5.90. The molecule has 1 saturated carbocycles. The zero-order valence-corrected chi connectivity index (χ0v) is 13.2. The molecule has 1 aliphatic carbocycles. The lowest BCUT2D eigenvalue weighted by Crippen LogP contribution is -2.45. The molecular weight excluding hydrogens is 246 g/mol. The van der Waals surface area contributed by atoms with Gasteiger partial charge in [-0.15, -0.1) is 0 Å². The predicted octanol–water partition coefficient (Wildman–Crippen LogP) is 4.18. The fourth-order valence-corrected chi connectivity index (χ4v) is 3.42. The number of likely N-dealkylation sites (N-methyl/N-ethyl adjacent to an activating group) is 1. The number of para-hydroxylation sites is 1. The molecule has 0 spiro atoms. The third-order valence-electron chi connectivity index (χ3n) is 4.60. The maximum absolute atomic E-state index is 6.39. The lowest BCUT2D eigenvalue weighted by Gasteiger charge is -2.36. The van der Waals surface area contributed by atoms with Gasteiger partial charge >= 0.3 is 0 Å². The summed E-state index contributed by atoms with van der Waals surface area (Å²) in [5, 5.41) is 3.45. The first-order chi connectivity index (χ1) is 9.78. The molecule has 3 unspecified atom stereocenters. The minimum Gasteiger partial charge on any atom is -0.489 e. The van der Waals surface area contributed by atoms with Crippen LogP contribution in [0.1, 0.15) is 51.5 Å². The maximum Gasteiger partial charge on any atom is 0.122 e. The number of hydrogen-bond acceptors (Lipinski definition) is 2. The summed E-state index contributed by atoms with van der Waals surface area (Å²) in [6.45, 7) is 4.48. The highest BCUT2D eigenvalue weighted by Crippen LogP contribution is 2.32. The van der Waals surface area contributed by atoms with Crippen LogP contribution >= 0.6 is 0 Å². The Balaban J connectivity index is 2.07. The lowest BCUT2D eigenvalue weighted by molar-refractivity contribution is 0.0858. The van der Waals surface area contributed by atoms with Crippen molar-refractivity contribution in [2.45, 2.75) is 64.5 Å². The topological polar surface area (TPSA) is 21.3 Å². The number of hydrogen-bond donors (Lipinski definition) is 1. The van der Waals surface area contributed by atoms with Gasteiger partial charge in [0, 0.05) is 6.04 Å². The van der Waals surface area contributed by atoms with Gasteiger partial charge in [0.25, 0.3) is 0 Å². The monoisotopic (exact) mass is 275 g/mol. The fraction of sp³-hybridized carbons (Fsp3) is 0.667. The molecule has 2 rings (SSSR count). The van der Waals surface area contributed by atoms with E-state index in [1.807, 2.05) is 0 Å². The van der Waals surface area contributed by atoms with Crippen LogP contribution in [-0.2, 0) is 6.42 Å². The van der Waals surface area contributed by atoms with Crippen molar-refractivity contribution in [1.82, 2.24) is 5.32 Å². The van der Waals surface area contributed by atoms with Gasteiger partial charge in [-0.2, -0.15) is 0 Å². The molecule has 3 atom stereocenters. The lowest BCUT2D eigenvalue weighted by atomic mass is 9.81. The SMILES string of the molecule is CCCC1CCC(NC)C(Oc2ccccc2CC)C1. The minimum atomic E-state index is 0.318. The number of aryl methyl sites for hydroxylation is 1. The summed E-state index contributed by atoms with van der Waals surface area (Å²) in [5.41, 5.74) is 1.32. The van der Waals surface area contributed by atoms with Crippen LogP contribution < -0.4 is 10.1 Å². The highest BCUT2D eigenvalue weighted by molar-refractivity contribution is 5.33. The highest BCUT2D eigenvalue weighted by atomic mass is 16.5. The Morgan fingerprint density at radius 1 is 1.20 bits per heavy atom. The van der Waals surface area contributed by atoms with Crippen LogP contribution in [0.5, 0.6) is 5.75 Å². The van der Waals surface area contributed by atoms with Crippen molar-refractivity contribution in [1.29, 1.82) is 0 Å². The summed E-state index contributed by atoms with van der Waals surface area (Å²) in [7, 11) is 2.06. The molecule has 0 amide bonds. The Hall–Kier alpha value is -1.02. The van der Waals surface area contributed by atoms with Crippen LogP contribution in [0.4, 0.5) is 0 Å². The van der Waals surface area contributed by atoms with Crippen molar-refractivity contribution in [3.8, 4) is 5.75 Å². The van der Waals surface area contributed by atoms with E-state index in [1.54, 1.807) is 0 Å². The summed E-state index contributed by atoms with van der Waals surface area (Å²) < 4.78 is 6.39. The van der Waals surface area contributed by atoms with Crippen LogP contribution in [0.25, 0.3) is 0 Å². The average molecular weight is 275 g/mol. The third-order valence-corrected chi connectivity index (χ3v) is 4.60. The van der Waals surface area contributed by atoms with Crippen LogP contribution in [0.15, 0.2) is 24.3 Å². The molecule has 0 saturated heterocycles. The summed E-state index contributed by atoms with van der Waals surface area (Å²) >= 11 is 0. The second-order valence-corrected chi connectivity index (χ2v) is 5.98. The largest absolute Gasteiger partial charge is 0.489 e. The second-order valence-electron chi connectivity index (χ2n) is 5.98. The predicted molar refractivity (Wildman–Crippen MR) is 85.3 cm³/mol. The summed E-state index contributed by atoms with van der Waals surface area (Å²) in [6.07, 6.45) is 7.74. The molecule has 2 heteroatoms. The zero-order chi connectivity index (χ0) is 14.4. The minimum absolute atomic E-state index is 0.318. The molecule has 112 valence electrons. The number of nitrogens with one attached hydrogen (secondary N) is 1. The molecule has 2 nitrogen and oxygen atoms in total. The van der Waals surface area contributed by atoms with Gasteiger partial charge in [0.05, 0.1) is 0 Å². The van der Waals surface area contributed by atoms with E-state index in [4.69, 9.17) is 4.74 Å². The normalized spacial score (nSPS) is 26.4. The van der Waals surface area contributed by atoms with E-state index in [-0.39, 0.29) is 0 Å². The van der Waals surface area contributed by atoms with E-state index >= 15 is 0 Å². The molecule has 1 aromatic rings. The molecule has 0 aliphatic heterocycles. The molecule has 0 radical (unpaired) electrons. The molecule has 1 N–H and O–H groups in total. The zero-order valence-electron chi connectivity index (χ0n) is 13.2. The first kappa shape index (κ1) is 15.4. The van der Waals surface area contributed by atoms with Crippen molar-refractivity contribution < 1.29 is 4.74 Å². The smallest absolute Gasteiger partial charge is 0.122 e. The summed E-state index contributed by atoms with van der Waals surface area (Å²) in [5.74, 6) is 1.92. The van der Waals surface area contributed by atoms with Gasteiger partial charge < -0.3 is 10.1 Å². The third kappa shape index (κ3) is 3.76. The molecule has 1 fully saturated rings. The van der Waals surface area contributed by atoms with Crippen molar-refractivity contribution in [2.75, 3.05) is 7.05 Å². The van der Waals surface area contributed by atoms with Crippen molar-refractivity contribution in [2.24, 2.45) is 5.92 Å². The van der Waals surface area contributed by atoms with E-state index in [9.17, 15) is 0 Å². The first-order valence-electron chi connectivity index (χ1n) is 8.20. The Labute approximate surface area is 123 Å². The molecule has 0 heterocycles. The summed E-state index contributed by atoms with van der Waals surface area (Å²) in [6, 6.07) is 8.97. The van der Waals surface area contributed by atoms with Crippen molar-refractivity contribution in [3.63, 3.8) is 0 Å². The van der Waals surface area contributed by atoms with E-state index in [0.717, 1.165) is 18.1 Å². The molecule has 1 aliphatic rings. The molecule has 0 aromatic heterocycles. The van der Waals surface area contributed by atoms with Gasteiger partial charge in [-0.05, 0) is 50.3 Å². The Morgan fingerprint density at radius 3 is 2.70 bits per heavy atom. The summed E-state index contributed by atoms with van der Waals surface area (Å²) in [4.78, 5) is 0. The second kappa shape index (κ2) is 7.68. The fourth-order valence-electron chi connectivity index (χ4n) is 3.42. The van der Waals surface area contributed by atoms with Gasteiger partial charge in [-0.25, -0.2) is 0 Å². The Morgan fingerprint density at radius 2 is 2.00 bits per heavy atom. The highest BCUT2D eigenvalue weighted by Gasteiger charge is 2.30. The van der Waals surface area contributed by atoms with Crippen molar-refractivity contribution in [3.05, 3.63) is 29.8 Å². The number of rotatable bonds is 6. The maximum atomic E-state index is 6.39. The molecule has 1 aromatic carbocycles. The Bertz CT molecular complexity index is 404. The molecular formula is C18H29NO. The van der Waals surface area contributed by atoms with Gasteiger partial charge in [0.1, 0.15) is 11.9 Å². The van der Waals surface area contributed by atoms with Gasteiger partial charge in [-0.1, -0.05) is 44.9 Å². The van der Waals surface area contributed by atoms with Gasteiger partial charge in [0.2, 0.25) is 0 Å². The van der Waals surface area contributed by atoms with Crippen LogP contribution in [0, 0.1) is 5.92 Å². The quantitative estimate of drug-likeness (QED) is 0.840. The molecule has 20 heavy (non-hydrogen) atoms. The van der Waals surface area contributed by atoms with Crippen LogP contribution in [0.3, 0.4) is 0 Å². The van der Waals surface area contributed by atoms with E-state index in [0.29, 0.717) is 12.1 Å². The van der Waals surface area contributed by atoms with E-state index < -0.39 is 0 Å². The van der Waals surface area contributed by atoms with Crippen LogP contribution in [-0.4, -0.2) is 19.2 Å². The first-order valence-corrected chi connectivity index (χ1v) is 8.20. The van der Waals surface area contributed by atoms with Crippen LogP contribution in [0.2, 0.25) is 0 Å². The van der Waals surface area contributed by atoms with Crippen molar-refractivity contribution >= 4 is 0 Å². The number of ether oxygens (including phenoxy) is 1. The number of benzene rings is 1. The van der Waals surface area contributed by atoms with E-state index in [1.165, 1.54) is 37.7 Å². The van der Waals surface area contributed by atoms with Gasteiger partial charge in [-0.3, -0.25) is 0 Å². The molecule has 0 bridgehead atoms. The standard InChI is InChI=1S/C18H29NO/c1-4-8-14-11-12-16(19-3)18(13-14)20-17-10-7-6-9-15(17)5-2/h6-7,9-10,14,16,18-19H,4-5,8,11-13H2,1-3H3. The average Bonchev–Trinajstić information content (AvgIpc) is 2.48.